The molecule has 1 saturated carbocycles. The summed E-state index contributed by atoms with van der Waals surface area (Å²) in [6.45, 7) is 0. The Labute approximate surface area is 86.5 Å². The molecule has 0 aliphatic heterocycles. The van der Waals surface area contributed by atoms with E-state index < -0.39 is 5.97 Å². The number of hydrogen-bond acceptors (Lipinski definition) is 3. The Kier molecular flexibility index (Phi) is 2.72. The fraction of sp³-hybridized carbons (Fsp3) is 0.400. The van der Waals surface area contributed by atoms with Crippen molar-refractivity contribution in [2.45, 2.75) is 23.0 Å². The van der Waals surface area contributed by atoms with E-state index in [1.54, 1.807) is 12.4 Å². The SMILES string of the molecule is O=C(O)C(Sc1ccncc1)C1CC1. The van der Waals surface area contributed by atoms with E-state index in [1.165, 1.54) is 11.8 Å². The van der Waals surface area contributed by atoms with E-state index in [-0.39, 0.29) is 5.25 Å². The van der Waals surface area contributed by atoms with Gasteiger partial charge in [-0.15, -0.1) is 11.8 Å². The Morgan fingerprint density at radius 1 is 1.50 bits per heavy atom. The maximum absolute atomic E-state index is 10.9. The summed E-state index contributed by atoms with van der Waals surface area (Å²) in [4.78, 5) is 15.8. The highest BCUT2D eigenvalue weighted by atomic mass is 32.2. The Morgan fingerprint density at radius 3 is 2.64 bits per heavy atom. The monoisotopic (exact) mass is 209 g/mol. The number of aliphatic carboxylic acids is 1. The van der Waals surface area contributed by atoms with E-state index in [9.17, 15) is 4.79 Å². The van der Waals surface area contributed by atoms with Crippen molar-refractivity contribution in [1.29, 1.82) is 0 Å². The summed E-state index contributed by atoms with van der Waals surface area (Å²) in [5, 5.41) is 8.73. The molecule has 1 atom stereocenters. The third kappa shape index (κ3) is 2.26. The molecule has 1 heterocycles. The van der Waals surface area contributed by atoms with E-state index in [1.807, 2.05) is 12.1 Å². The standard InChI is InChI=1S/C10H11NO2S/c12-10(13)9(7-1-2-7)14-8-3-5-11-6-4-8/h3-7,9H,1-2H2,(H,12,13). The number of carboxylic acids is 1. The van der Waals surface area contributed by atoms with Gasteiger partial charge in [0.25, 0.3) is 0 Å². The van der Waals surface area contributed by atoms with Crippen LogP contribution in [-0.4, -0.2) is 21.3 Å². The second-order valence-corrected chi connectivity index (χ2v) is 4.61. The second kappa shape index (κ2) is 4.00. The van der Waals surface area contributed by atoms with Gasteiger partial charge in [-0.2, -0.15) is 0 Å². The van der Waals surface area contributed by atoms with Crippen molar-refractivity contribution in [3.05, 3.63) is 24.5 Å². The Balaban J connectivity index is 2.04. The first-order chi connectivity index (χ1) is 6.77. The Bertz CT molecular complexity index is 324. The highest BCUT2D eigenvalue weighted by Gasteiger charge is 2.36. The van der Waals surface area contributed by atoms with Crippen molar-refractivity contribution >= 4 is 17.7 Å². The first kappa shape index (κ1) is 9.52. The summed E-state index contributed by atoms with van der Waals surface area (Å²) in [6.07, 6.45) is 5.48. The molecule has 1 aliphatic carbocycles. The molecule has 0 spiro atoms. The van der Waals surface area contributed by atoms with Crippen molar-refractivity contribution < 1.29 is 9.90 Å². The minimum atomic E-state index is -0.700. The molecule has 1 unspecified atom stereocenters. The van der Waals surface area contributed by atoms with Gasteiger partial charge in [0.05, 0.1) is 0 Å². The first-order valence-corrected chi connectivity index (χ1v) is 5.45. The number of hydrogen-bond donors (Lipinski definition) is 1. The molecule has 2 rings (SSSR count). The summed E-state index contributed by atoms with van der Waals surface area (Å²) in [7, 11) is 0. The lowest BCUT2D eigenvalue weighted by atomic mass is 10.3. The van der Waals surface area contributed by atoms with Gasteiger partial charge in [0.1, 0.15) is 5.25 Å². The van der Waals surface area contributed by atoms with Gasteiger partial charge in [0.15, 0.2) is 0 Å². The predicted octanol–water partition coefficient (Wildman–Crippen LogP) is 2.04. The zero-order valence-electron chi connectivity index (χ0n) is 7.59. The number of aromatic nitrogens is 1. The number of pyridine rings is 1. The summed E-state index contributed by atoms with van der Waals surface area (Å²) in [5.74, 6) is -0.333. The lowest BCUT2D eigenvalue weighted by Crippen LogP contribution is -2.18. The van der Waals surface area contributed by atoms with E-state index in [2.05, 4.69) is 4.98 Å². The number of carbonyl (C=O) groups is 1. The van der Waals surface area contributed by atoms with Gasteiger partial charge in [-0.3, -0.25) is 9.78 Å². The minimum Gasteiger partial charge on any atom is -0.480 e. The topological polar surface area (TPSA) is 50.2 Å². The van der Waals surface area contributed by atoms with Crippen LogP contribution in [0.1, 0.15) is 12.8 Å². The van der Waals surface area contributed by atoms with E-state index in [0.717, 1.165) is 17.7 Å². The predicted molar refractivity (Wildman–Crippen MR) is 54.2 cm³/mol. The molecule has 3 nitrogen and oxygen atoms in total. The summed E-state index contributed by atoms with van der Waals surface area (Å²) >= 11 is 1.43. The smallest absolute Gasteiger partial charge is 0.317 e. The average Bonchev–Trinajstić information content (AvgIpc) is 2.99. The Morgan fingerprint density at radius 2 is 2.14 bits per heavy atom. The molecular weight excluding hydrogens is 198 g/mol. The normalized spacial score (nSPS) is 17.7. The second-order valence-electron chi connectivity index (χ2n) is 3.40. The molecule has 74 valence electrons. The average molecular weight is 209 g/mol. The van der Waals surface area contributed by atoms with E-state index in [0.29, 0.717) is 5.92 Å². The summed E-state index contributed by atoms with van der Waals surface area (Å²) < 4.78 is 0. The van der Waals surface area contributed by atoms with Crippen molar-refractivity contribution in [2.24, 2.45) is 5.92 Å². The molecule has 0 saturated heterocycles. The van der Waals surface area contributed by atoms with Crippen molar-refractivity contribution in [1.82, 2.24) is 4.98 Å². The zero-order chi connectivity index (χ0) is 9.97. The zero-order valence-corrected chi connectivity index (χ0v) is 8.41. The van der Waals surface area contributed by atoms with Gasteiger partial charge < -0.3 is 5.11 Å². The number of rotatable bonds is 4. The summed E-state index contributed by atoms with van der Waals surface area (Å²) in [5.41, 5.74) is 0. The van der Waals surface area contributed by atoms with Crippen LogP contribution in [-0.2, 0) is 4.79 Å². The lowest BCUT2D eigenvalue weighted by molar-refractivity contribution is -0.136. The molecule has 1 aromatic heterocycles. The highest BCUT2D eigenvalue weighted by molar-refractivity contribution is 8.00. The van der Waals surface area contributed by atoms with Crippen molar-refractivity contribution in [3.8, 4) is 0 Å². The third-order valence-corrected chi connectivity index (χ3v) is 3.59. The van der Waals surface area contributed by atoms with Gasteiger partial charge >= 0.3 is 5.97 Å². The van der Waals surface area contributed by atoms with Crippen LogP contribution in [0.25, 0.3) is 0 Å². The molecule has 4 heteroatoms. The molecular formula is C10H11NO2S. The molecule has 1 aromatic rings. The molecule has 0 aromatic carbocycles. The van der Waals surface area contributed by atoms with Crippen LogP contribution in [0, 0.1) is 5.92 Å². The van der Waals surface area contributed by atoms with E-state index in [4.69, 9.17) is 5.11 Å². The van der Waals surface area contributed by atoms with Crippen LogP contribution >= 0.6 is 11.8 Å². The molecule has 0 radical (unpaired) electrons. The van der Waals surface area contributed by atoms with Crippen LogP contribution in [0.3, 0.4) is 0 Å². The quantitative estimate of drug-likeness (QED) is 0.771. The van der Waals surface area contributed by atoms with Crippen molar-refractivity contribution in [3.63, 3.8) is 0 Å². The van der Waals surface area contributed by atoms with Gasteiger partial charge in [0.2, 0.25) is 0 Å². The largest absolute Gasteiger partial charge is 0.480 e. The van der Waals surface area contributed by atoms with Gasteiger partial charge in [0, 0.05) is 17.3 Å². The summed E-state index contributed by atoms with van der Waals surface area (Å²) in [6, 6.07) is 3.70. The van der Waals surface area contributed by atoms with Crippen molar-refractivity contribution in [2.75, 3.05) is 0 Å². The molecule has 14 heavy (non-hydrogen) atoms. The van der Waals surface area contributed by atoms with Gasteiger partial charge in [-0.25, -0.2) is 0 Å². The molecule has 0 amide bonds. The maximum Gasteiger partial charge on any atom is 0.317 e. The first-order valence-electron chi connectivity index (χ1n) is 4.57. The maximum atomic E-state index is 10.9. The molecule has 1 N–H and O–H groups in total. The number of carboxylic acid groups (broad SMARTS) is 1. The van der Waals surface area contributed by atoms with Crippen LogP contribution in [0.15, 0.2) is 29.4 Å². The highest BCUT2D eigenvalue weighted by Crippen LogP contribution is 2.41. The number of thioether (sulfide) groups is 1. The van der Waals surface area contributed by atoms with Crippen LogP contribution in [0.2, 0.25) is 0 Å². The fourth-order valence-electron chi connectivity index (χ4n) is 1.31. The number of nitrogens with zero attached hydrogens (tertiary/aromatic N) is 1. The molecule has 1 fully saturated rings. The van der Waals surface area contributed by atoms with Crippen LogP contribution in [0.5, 0.6) is 0 Å². The van der Waals surface area contributed by atoms with Crippen LogP contribution in [0.4, 0.5) is 0 Å². The van der Waals surface area contributed by atoms with Crippen LogP contribution < -0.4 is 0 Å². The minimum absolute atomic E-state index is 0.280. The van der Waals surface area contributed by atoms with Gasteiger partial charge in [-0.1, -0.05) is 0 Å². The third-order valence-electron chi connectivity index (χ3n) is 2.21. The van der Waals surface area contributed by atoms with Gasteiger partial charge in [-0.05, 0) is 30.9 Å². The fourth-order valence-corrected chi connectivity index (χ4v) is 2.45. The molecule has 0 bridgehead atoms. The lowest BCUT2D eigenvalue weighted by Gasteiger charge is -2.09. The Hall–Kier alpha value is -1.03. The van der Waals surface area contributed by atoms with E-state index >= 15 is 0 Å². The molecule has 1 aliphatic rings.